The highest BCUT2D eigenvalue weighted by molar-refractivity contribution is 9.11. The van der Waals surface area contributed by atoms with Crippen LogP contribution < -0.4 is 0 Å². The van der Waals surface area contributed by atoms with Crippen LogP contribution in [-0.2, 0) is 6.54 Å². The monoisotopic (exact) mass is 487 g/mol. The molecule has 1 heterocycles. The first kappa shape index (κ1) is 18.1. The number of furan rings is 1. The average Bonchev–Trinajstić information content (AvgIpc) is 3.10. The zero-order valence-electron chi connectivity index (χ0n) is 14.4. The lowest BCUT2D eigenvalue weighted by atomic mass is 10.0. The van der Waals surface area contributed by atoms with Gasteiger partial charge >= 0.3 is 0 Å². The summed E-state index contributed by atoms with van der Waals surface area (Å²) in [7, 11) is 1.75. The first-order chi connectivity index (χ1) is 13.0. The van der Waals surface area contributed by atoms with E-state index in [0.29, 0.717) is 26.5 Å². The summed E-state index contributed by atoms with van der Waals surface area (Å²) in [6, 6.07) is 17.5. The third-order valence-corrected chi connectivity index (χ3v) is 5.94. The first-order valence-corrected chi connectivity index (χ1v) is 9.87. The van der Waals surface area contributed by atoms with Crippen molar-refractivity contribution in [1.82, 2.24) is 4.90 Å². The number of rotatable bonds is 3. The number of phenolic OH excluding ortho intramolecular Hbond substituents is 1. The molecular formula is C21H15Br2NO3. The Balaban J connectivity index is 1.66. The van der Waals surface area contributed by atoms with Gasteiger partial charge < -0.3 is 14.4 Å². The summed E-state index contributed by atoms with van der Waals surface area (Å²) < 4.78 is 6.72. The second-order valence-corrected chi connectivity index (χ2v) is 7.99. The molecule has 0 saturated heterocycles. The third kappa shape index (κ3) is 3.24. The largest absolute Gasteiger partial charge is 0.506 e. The normalized spacial score (nSPS) is 11.2. The predicted octanol–water partition coefficient (Wildman–Crippen LogP) is 6.09. The van der Waals surface area contributed by atoms with Gasteiger partial charge in [-0.2, -0.15) is 0 Å². The van der Waals surface area contributed by atoms with Gasteiger partial charge in [0.25, 0.3) is 5.91 Å². The summed E-state index contributed by atoms with van der Waals surface area (Å²) >= 11 is 6.62. The summed E-state index contributed by atoms with van der Waals surface area (Å²) in [5, 5.41) is 12.9. The predicted molar refractivity (Wildman–Crippen MR) is 113 cm³/mol. The maximum atomic E-state index is 12.9. The maximum absolute atomic E-state index is 12.9. The molecule has 136 valence electrons. The minimum atomic E-state index is -0.221. The zero-order chi connectivity index (χ0) is 19.1. The van der Waals surface area contributed by atoms with Gasteiger partial charge in [0.2, 0.25) is 0 Å². The summed E-state index contributed by atoms with van der Waals surface area (Å²) in [5.74, 6) is 0.0824. The second kappa shape index (κ2) is 7.02. The standard InChI is InChI=1S/C21H15Br2NO3/c1-24(11-13-7-4-6-12-5-2-3-8-14(12)13)21(26)18-9-15-17(27-18)10-16(22)20(25)19(15)23/h2-10,25H,11H2,1H3. The smallest absolute Gasteiger partial charge is 0.289 e. The minimum Gasteiger partial charge on any atom is -0.506 e. The number of phenols is 1. The van der Waals surface area contributed by atoms with Crippen LogP contribution in [0.25, 0.3) is 21.7 Å². The zero-order valence-corrected chi connectivity index (χ0v) is 17.5. The van der Waals surface area contributed by atoms with Crippen molar-refractivity contribution in [3.63, 3.8) is 0 Å². The molecule has 27 heavy (non-hydrogen) atoms. The molecule has 0 aliphatic carbocycles. The van der Waals surface area contributed by atoms with E-state index < -0.39 is 0 Å². The van der Waals surface area contributed by atoms with Gasteiger partial charge in [0.1, 0.15) is 11.3 Å². The average molecular weight is 489 g/mol. The number of fused-ring (bicyclic) bond motifs is 2. The Labute approximate surface area is 172 Å². The molecule has 1 amide bonds. The van der Waals surface area contributed by atoms with Crippen LogP contribution in [0.5, 0.6) is 5.75 Å². The van der Waals surface area contributed by atoms with Crippen molar-refractivity contribution in [3.05, 3.63) is 74.9 Å². The highest BCUT2D eigenvalue weighted by Crippen LogP contribution is 2.40. The minimum absolute atomic E-state index is 0.0754. The molecule has 1 aromatic heterocycles. The van der Waals surface area contributed by atoms with E-state index in [1.165, 1.54) is 0 Å². The summed E-state index contributed by atoms with van der Waals surface area (Å²) in [6.45, 7) is 0.466. The number of hydrogen-bond acceptors (Lipinski definition) is 3. The van der Waals surface area contributed by atoms with Crippen molar-refractivity contribution in [2.45, 2.75) is 6.54 Å². The molecule has 0 spiro atoms. The molecule has 0 radical (unpaired) electrons. The van der Waals surface area contributed by atoms with Crippen molar-refractivity contribution >= 4 is 59.5 Å². The van der Waals surface area contributed by atoms with E-state index in [9.17, 15) is 9.90 Å². The number of amides is 1. The van der Waals surface area contributed by atoms with Crippen LogP contribution in [0.2, 0.25) is 0 Å². The molecule has 6 heteroatoms. The summed E-state index contributed by atoms with van der Waals surface area (Å²) in [6.07, 6.45) is 0. The molecule has 0 aliphatic heterocycles. The topological polar surface area (TPSA) is 53.7 Å². The SMILES string of the molecule is CN(Cc1cccc2ccccc12)C(=O)c1cc2c(Br)c(O)c(Br)cc2o1. The molecule has 0 fully saturated rings. The molecule has 0 unspecified atom stereocenters. The quantitative estimate of drug-likeness (QED) is 0.379. The molecule has 0 aliphatic rings. The van der Waals surface area contributed by atoms with Crippen molar-refractivity contribution in [3.8, 4) is 5.75 Å². The van der Waals surface area contributed by atoms with E-state index in [1.54, 1.807) is 24.1 Å². The second-order valence-electron chi connectivity index (χ2n) is 6.34. The Morgan fingerprint density at radius 3 is 2.63 bits per heavy atom. The van der Waals surface area contributed by atoms with E-state index >= 15 is 0 Å². The number of carbonyl (C=O) groups is 1. The molecule has 0 atom stereocenters. The summed E-state index contributed by atoms with van der Waals surface area (Å²) in [5.41, 5.74) is 1.59. The fraction of sp³-hybridized carbons (Fsp3) is 0.0952. The Kier molecular flexibility index (Phi) is 4.70. The molecule has 3 aromatic carbocycles. The van der Waals surface area contributed by atoms with Crippen molar-refractivity contribution in [2.24, 2.45) is 0 Å². The maximum Gasteiger partial charge on any atom is 0.289 e. The highest BCUT2D eigenvalue weighted by Gasteiger charge is 2.20. The fourth-order valence-corrected chi connectivity index (χ4v) is 4.35. The third-order valence-electron chi connectivity index (χ3n) is 4.53. The van der Waals surface area contributed by atoms with Crippen LogP contribution in [0.15, 0.2) is 68.0 Å². The first-order valence-electron chi connectivity index (χ1n) is 8.28. The molecular weight excluding hydrogens is 474 g/mol. The number of hydrogen-bond donors (Lipinski definition) is 1. The number of carbonyl (C=O) groups excluding carboxylic acids is 1. The highest BCUT2D eigenvalue weighted by atomic mass is 79.9. The van der Waals surface area contributed by atoms with Crippen LogP contribution in [0.1, 0.15) is 16.1 Å². The van der Waals surface area contributed by atoms with E-state index in [1.807, 2.05) is 24.3 Å². The van der Waals surface area contributed by atoms with Gasteiger partial charge in [0.05, 0.1) is 8.95 Å². The Bertz CT molecular complexity index is 1180. The van der Waals surface area contributed by atoms with Gasteiger partial charge in [0.15, 0.2) is 5.76 Å². The Morgan fingerprint density at radius 2 is 1.81 bits per heavy atom. The molecule has 1 N–H and O–H groups in total. The number of halogens is 2. The fourth-order valence-electron chi connectivity index (χ4n) is 3.15. The van der Waals surface area contributed by atoms with Gasteiger partial charge in [-0.3, -0.25) is 4.79 Å². The van der Waals surface area contributed by atoms with Crippen LogP contribution in [-0.4, -0.2) is 23.0 Å². The van der Waals surface area contributed by atoms with Crippen LogP contribution >= 0.6 is 31.9 Å². The van der Waals surface area contributed by atoms with E-state index in [0.717, 1.165) is 16.3 Å². The van der Waals surface area contributed by atoms with Crippen LogP contribution in [0, 0.1) is 0 Å². The Morgan fingerprint density at radius 1 is 1.07 bits per heavy atom. The van der Waals surface area contributed by atoms with Crippen LogP contribution in [0.4, 0.5) is 0 Å². The van der Waals surface area contributed by atoms with E-state index in [4.69, 9.17) is 4.42 Å². The number of benzene rings is 3. The number of aromatic hydroxyl groups is 1. The number of nitrogens with zero attached hydrogens (tertiary/aromatic N) is 1. The Hall–Kier alpha value is -2.31. The lowest BCUT2D eigenvalue weighted by molar-refractivity contribution is 0.0756. The molecule has 4 nitrogen and oxygen atoms in total. The van der Waals surface area contributed by atoms with Gasteiger partial charge in [-0.15, -0.1) is 0 Å². The van der Waals surface area contributed by atoms with Crippen molar-refractivity contribution in [2.75, 3.05) is 7.05 Å². The molecule has 0 saturated carbocycles. The van der Waals surface area contributed by atoms with Gasteiger partial charge in [-0.05, 0) is 60.3 Å². The molecule has 4 aromatic rings. The lowest BCUT2D eigenvalue weighted by Crippen LogP contribution is -2.25. The van der Waals surface area contributed by atoms with E-state index in [-0.39, 0.29) is 17.4 Å². The van der Waals surface area contributed by atoms with Gasteiger partial charge in [-0.1, -0.05) is 42.5 Å². The lowest BCUT2D eigenvalue weighted by Gasteiger charge is -2.17. The van der Waals surface area contributed by atoms with Gasteiger partial charge in [-0.25, -0.2) is 0 Å². The molecule has 4 rings (SSSR count). The summed E-state index contributed by atoms with van der Waals surface area (Å²) in [4.78, 5) is 14.5. The van der Waals surface area contributed by atoms with E-state index in [2.05, 4.69) is 50.1 Å². The van der Waals surface area contributed by atoms with Crippen molar-refractivity contribution in [1.29, 1.82) is 0 Å². The van der Waals surface area contributed by atoms with Crippen molar-refractivity contribution < 1.29 is 14.3 Å². The van der Waals surface area contributed by atoms with Gasteiger partial charge in [0, 0.05) is 19.0 Å². The molecule has 0 bridgehead atoms. The van der Waals surface area contributed by atoms with Crippen LogP contribution in [0.3, 0.4) is 0 Å².